The summed E-state index contributed by atoms with van der Waals surface area (Å²) >= 11 is 0. The zero-order chi connectivity index (χ0) is 13.5. The fraction of sp³-hybridized carbons (Fsp3) is 0.417. The van der Waals surface area contributed by atoms with Crippen molar-refractivity contribution in [2.45, 2.75) is 20.3 Å². The number of phenols is 1. The van der Waals surface area contributed by atoms with Crippen LogP contribution in [0.4, 0.5) is 4.39 Å². The van der Waals surface area contributed by atoms with Crippen molar-refractivity contribution < 1.29 is 28.9 Å². The van der Waals surface area contributed by atoms with Gasteiger partial charge in [0.1, 0.15) is 0 Å². The number of benzene rings is 1. The van der Waals surface area contributed by atoms with Crippen LogP contribution in [0, 0.1) is 11.2 Å². The third kappa shape index (κ3) is 1.94. The monoisotopic (exact) mass is 256 g/mol. The van der Waals surface area contributed by atoms with Crippen LogP contribution in [0.25, 0.3) is 0 Å². The maximum Gasteiger partial charge on any atom is 0.309 e. The molecule has 0 bridgehead atoms. The van der Waals surface area contributed by atoms with E-state index in [9.17, 15) is 14.3 Å². The summed E-state index contributed by atoms with van der Waals surface area (Å²) in [6, 6.07) is 1.41. The molecule has 1 aliphatic rings. The lowest BCUT2D eigenvalue weighted by Gasteiger charge is -2.20. The van der Waals surface area contributed by atoms with Gasteiger partial charge in [-0.15, -0.1) is 0 Å². The number of fused-ring (bicyclic) bond motifs is 1. The Morgan fingerprint density at radius 1 is 1.50 bits per heavy atom. The van der Waals surface area contributed by atoms with Crippen LogP contribution < -0.4 is 9.47 Å². The molecule has 5 nitrogen and oxygen atoms in total. The van der Waals surface area contributed by atoms with Gasteiger partial charge in [-0.05, 0) is 26.3 Å². The molecule has 1 heterocycles. The standard InChI is InChI=1S/C12H13FO5/c1-12(2,11(15)16)4-6-3-7-10(18-5-17-7)8(13)9(6)14/h3,14H,4-5H2,1-2H3,(H,15,16). The van der Waals surface area contributed by atoms with Crippen LogP contribution in [0.15, 0.2) is 6.07 Å². The van der Waals surface area contributed by atoms with Crippen LogP contribution in [0.2, 0.25) is 0 Å². The van der Waals surface area contributed by atoms with Gasteiger partial charge >= 0.3 is 5.97 Å². The zero-order valence-corrected chi connectivity index (χ0v) is 9.99. The minimum atomic E-state index is -1.11. The molecule has 0 amide bonds. The summed E-state index contributed by atoms with van der Waals surface area (Å²) in [6.07, 6.45) is -0.0122. The summed E-state index contributed by atoms with van der Waals surface area (Å²) in [5, 5.41) is 18.7. The van der Waals surface area contributed by atoms with E-state index in [1.165, 1.54) is 19.9 Å². The highest BCUT2D eigenvalue weighted by molar-refractivity contribution is 5.74. The smallest absolute Gasteiger partial charge is 0.309 e. The van der Waals surface area contributed by atoms with E-state index in [1.54, 1.807) is 0 Å². The molecule has 0 saturated carbocycles. The average molecular weight is 256 g/mol. The van der Waals surface area contributed by atoms with Crippen molar-refractivity contribution in [1.82, 2.24) is 0 Å². The van der Waals surface area contributed by atoms with Crippen molar-refractivity contribution in [2.75, 3.05) is 6.79 Å². The number of carboxylic acids is 1. The first-order chi connectivity index (χ1) is 8.33. The number of carbonyl (C=O) groups is 1. The molecule has 0 aromatic heterocycles. The van der Waals surface area contributed by atoms with E-state index in [4.69, 9.17) is 14.6 Å². The summed E-state index contributed by atoms with van der Waals surface area (Å²) in [5.41, 5.74) is -0.929. The lowest BCUT2D eigenvalue weighted by atomic mass is 9.85. The third-order valence-corrected chi connectivity index (χ3v) is 2.87. The van der Waals surface area contributed by atoms with E-state index in [0.29, 0.717) is 0 Å². The van der Waals surface area contributed by atoms with Gasteiger partial charge < -0.3 is 19.7 Å². The molecule has 0 saturated heterocycles. The fourth-order valence-electron chi connectivity index (χ4n) is 1.73. The molecule has 98 valence electrons. The lowest BCUT2D eigenvalue weighted by molar-refractivity contribution is -0.146. The topological polar surface area (TPSA) is 76.0 Å². The summed E-state index contributed by atoms with van der Waals surface area (Å²) < 4.78 is 23.6. The Balaban J connectivity index is 2.41. The first kappa shape index (κ1) is 12.5. The average Bonchev–Trinajstić information content (AvgIpc) is 2.73. The molecule has 6 heteroatoms. The second-order valence-corrected chi connectivity index (χ2v) is 4.80. The molecule has 2 N–H and O–H groups in total. The number of hydrogen-bond acceptors (Lipinski definition) is 4. The van der Waals surface area contributed by atoms with Crippen molar-refractivity contribution in [2.24, 2.45) is 5.41 Å². The SMILES string of the molecule is CC(C)(Cc1cc2c(c(F)c1O)OCO2)C(=O)O. The number of carboxylic acid groups (broad SMARTS) is 1. The van der Waals surface area contributed by atoms with Crippen LogP contribution in [0.5, 0.6) is 17.2 Å². The van der Waals surface area contributed by atoms with Gasteiger partial charge in [0.25, 0.3) is 0 Å². The zero-order valence-electron chi connectivity index (χ0n) is 9.99. The highest BCUT2D eigenvalue weighted by Gasteiger charge is 2.32. The van der Waals surface area contributed by atoms with Gasteiger partial charge in [-0.1, -0.05) is 0 Å². The molecule has 0 aliphatic carbocycles. The predicted molar refractivity (Wildman–Crippen MR) is 59.3 cm³/mol. The Morgan fingerprint density at radius 2 is 2.17 bits per heavy atom. The number of phenolic OH excluding ortho intramolecular Hbond substituents is 1. The molecule has 18 heavy (non-hydrogen) atoms. The van der Waals surface area contributed by atoms with Crippen molar-refractivity contribution in [3.05, 3.63) is 17.4 Å². The quantitative estimate of drug-likeness (QED) is 0.864. The van der Waals surface area contributed by atoms with Gasteiger partial charge in [-0.3, -0.25) is 4.79 Å². The van der Waals surface area contributed by atoms with Gasteiger partial charge in [-0.25, -0.2) is 0 Å². The molecule has 1 aromatic rings. The predicted octanol–water partition coefficient (Wildman–Crippen LogP) is 1.91. The second kappa shape index (κ2) is 4.04. The van der Waals surface area contributed by atoms with E-state index in [2.05, 4.69) is 0 Å². The molecular weight excluding hydrogens is 243 g/mol. The van der Waals surface area contributed by atoms with Gasteiger partial charge in [0.2, 0.25) is 18.4 Å². The van der Waals surface area contributed by atoms with Crippen LogP contribution in [0.1, 0.15) is 19.4 Å². The Morgan fingerprint density at radius 3 is 2.78 bits per heavy atom. The van der Waals surface area contributed by atoms with Crippen LogP contribution in [-0.2, 0) is 11.2 Å². The maximum atomic E-state index is 13.7. The first-order valence-electron chi connectivity index (χ1n) is 5.36. The van der Waals surface area contributed by atoms with Crippen molar-refractivity contribution >= 4 is 5.97 Å². The van der Waals surface area contributed by atoms with Crippen LogP contribution in [-0.4, -0.2) is 23.0 Å². The van der Waals surface area contributed by atoms with Gasteiger partial charge in [0, 0.05) is 5.56 Å². The molecule has 0 radical (unpaired) electrons. The number of aromatic hydroxyl groups is 1. The molecule has 0 spiro atoms. The Bertz CT molecular complexity index is 510. The van der Waals surface area contributed by atoms with E-state index >= 15 is 0 Å². The Labute approximate surface area is 103 Å². The van der Waals surface area contributed by atoms with E-state index in [-0.39, 0.29) is 30.3 Å². The Hall–Kier alpha value is -1.98. The minimum absolute atomic E-state index is 0.0122. The number of halogens is 1. The molecule has 1 aliphatic heterocycles. The molecular formula is C12H13FO5. The normalized spacial score (nSPS) is 13.7. The number of aliphatic carboxylic acids is 1. The largest absolute Gasteiger partial charge is 0.505 e. The maximum absolute atomic E-state index is 13.7. The third-order valence-electron chi connectivity index (χ3n) is 2.87. The van der Waals surface area contributed by atoms with Crippen molar-refractivity contribution in [3.63, 3.8) is 0 Å². The number of ether oxygens (including phenoxy) is 2. The highest BCUT2D eigenvalue weighted by Crippen LogP contribution is 2.43. The summed E-state index contributed by atoms with van der Waals surface area (Å²) in [6.45, 7) is 2.88. The summed E-state index contributed by atoms with van der Waals surface area (Å²) in [7, 11) is 0. The lowest BCUT2D eigenvalue weighted by Crippen LogP contribution is -2.26. The van der Waals surface area contributed by atoms with E-state index in [0.717, 1.165) is 0 Å². The van der Waals surface area contributed by atoms with E-state index in [1.807, 2.05) is 0 Å². The minimum Gasteiger partial charge on any atom is -0.505 e. The molecule has 2 rings (SSSR count). The summed E-state index contributed by atoms with van der Waals surface area (Å²) in [5.74, 6) is -2.49. The fourth-order valence-corrected chi connectivity index (χ4v) is 1.73. The molecule has 0 fully saturated rings. The number of rotatable bonds is 3. The Kier molecular flexibility index (Phi) is 2.80. The highest BCUT2D eigenvalue weighted by atomic mass is 19.1. The van der Waals surface area contributed by atoms with Crippen molar-refractivity contribution in [3.8, 4) is 17.2 Å². The molecule has 0 atom stereocenters. The van der Waals surface area contributed by atoms with Gasteiger partial charge in [0.05, 0.1) is 5.41 Å². The molecule has 0 unspecified atom stereocenters. The van der Waals surface area contributed by atoms with Gasteiger partial charge in [-0.2, -0.15) is 4.39 Å². The van der Waals surface area contributed by atoms with E-state index < -0.39 is 23.0 Å². The number of hydrogen-bond donors (Lipinski definition) is 2. The van der Waals surface area contributed by atoms with Crippen LogP contribution >= 0.6 is 0 Å². The van der Waals surface area contributed by atoms with Crippen molar-refractivity contribution in [1.29, 1.82) is 0 Å². The van der Waals surface area contributed by atoms with Crippen LogP contribution in [0.3, 0.4) is 0 Å². The molecule has 1 aromatic carbocycles. The second-order valence-electron chi connectivity index (χ2n) is 4.80. The van der Waals surface area contributed by atoms with Gasteiger partial charge in [0.15, 0.2) is 11.5 Å². The first-order valence-corrected chi connectivity index (χ1v) is 5.36. The summed E-state index contributed by atoms with van der Waals surface area (Å²) in [4.78, 5) is 11.0.